The molecule has 1 fully saturated rings. The number of carbonyl (C=O) groups is 1. The zero-order valence-corrected chi connectivity index (χ0v) is 19.0. The van der Waals surface area contributed by atoms with Crippen molar-refractivity contribution in [3.8, 4) is 17.1 Å². The number of amides is 1. The van der Waals surface area contributed by atoms with Crippen LogP contribution in [0.25, 0.3) is 22.9 Å². The number of fused-ring (bicyclic) bond motifs is 1. The van der Waals surface area contributed by atoms with Gasteiger partial charge in [0.05, 0.1) is 18.9 Å². The molecule has 4 heterocycles. The van der Waals surface area contributed by atoms with E-state index in [1.54, 1.807) is 10.9 Å². The summed E-state index contributed by atoms with van der Waals surface area (Å²) < 4.78 is 9.16. The highest BCUT2D eigenvalue weighted by Gasteiger charge is 2.20. The summed E-state index contributed by atoms with van der Waals surface area (Å²) in [5, 5.41) is 7.66. The standard InChI is InChI=1S/C24H27N7O2/c1-16(2)25-23(32)20-15-30-22(29-9-11-33-12-10-29)14-21(27-24(30)26-20)31-8-7-19(28-31)18-6-4-5-17(3)13-18/h4-8,13-16H,9-12H2,1-3H3,(H,25,32). The Balaban J connectivity index is 1.58. The molecule has 5 rings (SSSR count). The van der Waals surface area contributed by atoms with Gasteiger partial charge in [-0.05, 0) is 32.9 Å². The molecule has 0 bridgehead atoms. The molecular formula is C24H27N7O2. The number of hydrogen-bond donors (Lipinski definition) is 1. The first-order valence-corrected chi connectivity index (χ1v) is 11.1. The predicted molar refractivity (Wildman–Crippen MR) is 126 cm³/mol. The van der Waals surface area contributed by atoms with Crippen molar-refractivity contribution in [1.82, 2.24) is 29.5 Å². The Kier molecular flexibility index (Phi) is 5.55. The van der Waals surface area contributed by atoms with E-state index in [9.17, 15) is 4.79 Å². The average molecular weight is 446 g/mol. The Bertz CT molecular complexity index is 1300. The van der Waals surface area contributed by atoms with E-state index in [0.717, 1.165) is 30.2 Å². The van der Waals surface area contributed by atoms with Gasteiger partial charge in [-0.15, -0.1) is 0 Å². The lowest BCUT2D eigenvalue weighted by Crippen LogP contribution is -2.37. The van der Waals surface area contributed by atoms with Crippen molar-refractivity contribution < 1.29 is 9.53 Å². The van der Waals surface area contributed by atoms with Crippen LogP contribution in [0.3, 0.4) is 0 Å². The van der Waals surface area contributed by atoms with Crippen molar-refractivity contribution in [2.45, 2.75) is 26.8 Å². The van der Waals surface area contributed by atoms with Crippen LogP contribution in [0.4, 0.5) is 5.82 Å². The highest BCUT2D eigenvalue weighted by Crippen LogP contribution is 2.24. The number of aryl methyl sites for hydroxylation is 1. The van der Waals surface area contributed by atoms with Crippen LogP contribution in [-0.2, 0) is 4.74 Å². The molecule has 0 spiro atoms. The zero-order valence-electron chi connectivity index (χ0n) is 19.0. The third-order valence-electron chi connectivity index (χ3n) is 5.53. The molecule has 4 aromatic rings. The quantitative estimate of drug-likeness (QED) is 0.508. The molecule has 3 aromatic heterocycles. The monoisotopic (exact) mass is 445 g/mol. The van der Waals surface area contributed by atoms with E-state index in [-0.39, 0.29) is 11.9 Å². The first-order chi connectivity index (χ1) is 16.0. The van der Waals surface area contributed by atoms with Gasteiger partial charge in [-0.1, -0.05) is 23.8 Å². The first-order valence-electron chi connectivity index (χ1n) is 11.1. The Morgan fingerprint density at radius 1 is 1.12 bits per heavy atom. The number of morpholine rings is 1. The second-order valence-electron chi connectivity index (χ2n) is 8.51. The largest absolute Gasteiger partial charge is 0.378 e. The summed E-state index contributed by atoms with van der Waals surface area (Å²) in [6.07, 6.45) is 3.64. The van der Waals surface area contributed by atoms with Gasteiger partial charge < -0.3 is 15.0 Å². The van der Waals surface area contributed by atoms with Crippen molar-refractivity contribution in [3.05, 3.63) is 60.0 Å². The molecule has 0 unspecified atom stereocenters. The van der Waals surface area contributed by atoms with Gasteiger partial charge in [-0.2, -0.15) is 10.1 Å². The second-order valence-corrected chi connectivity index (χ2v) is 8.51. The number of benzene rings is 1. The average Bonchev–Trinajstić information content (AvgIpc) is 3.46. The van der Waals surface area contributed by atoms with Crippen LogP contribution in [-0.4, -0.2) is 62.4 Å². The lowest BCUT2D eigenvalue weighted by molar-refractivity contribution is 0.0938. The molecule has 33 heavy (non-hydrogen) atoms. The summed E-state index contributed by atoms with van der Waals surface area (Å²) in [6.45, 7) is 8.70. The Hall–Kier alpha value is -3.72. The molecule has 0 atom stereocenters. The van der Waals surface area contributed by atoms with E-state index >= 15 is 0 Å². The maximum atomic E-state index is 12.6. The van der Waals surface area contributed by atoms with Crippen LogP contribution in [0, 0.1) is 6.92 Å². The van der Waals surface area contributed by atoms with E-state index in [1.165, 1.54) is 5.56 Å². The highest BCUT2D eigenvalue weighted by molar-refractivity contribution is 5.93. The van der Waals surface area contributed by atoms with Crippen molar-refractivity contribution in [2.75, 3.05) is 31.2 Å². The normalized spacial score (nSPS) is 14.2. The van der Waals surface area contributed by atoms with Gasteiger partial charge in [0.1, 0.15) is 11.5 Å². The smallest absolute Gasteiger partial charge is 0.271 e. The molecule has 1 aromatic carbocycles. The van der Waals surface area contributed by atoms with Crippen LogP contribution in [0.2, 0.25) is 0 Å². The fourth-order valence-electron chi connectivity index (χ4n) is 3.95. The molecule has 170 valence electrons. The Morgan fingerprint density at radius 3 is 2.70 bits per heavy atom. The second kappa shape index (κ2) is 8.67. The van der Waals surface area contributed by atoms with Gasteiger partial charge in [0.2, 0.25) is 5.78 Å². The van der Waals surface area contributed by atoms with Gasteiger partial charge in [0.15, 0.2) is 5.82 Å². The molecule has 0 radical (unpaired) electrons. The first kappa shape index (κ1) is 21.1. The Labute approximate surface area is 192 Å². The number of nitrogens with zero attached hydrogens (tertiary/aromatic N) is 6. The molecule has 9 heteroatoms. The van der Waals surface area contributed by atoms with Gasteiger partial charge in [-0.3, -0.25) is 9.20 Å². The van der Waals surface area contributed by atoms with Gasteiger partial charge in [0.25, 0.3) is 5.91 Å². The molecule has 1 saturated heterocycles. The van der Waals surface area contributed by atoms with E-state index in [1.807, 2.05) is 48.7 Å². The number of aromatic nitrogens is 5. The third-order valence-corrected chi connectivity index (χ3v) is 5.53. The number of nitrogens with one attached hydrogen (secondary N) is 1. The number of ether oxygens (including phenoxy) is 1. The number of anilines is 1. The molecule has 1 aliphatic rings. The molecule has 9 nitrogen and oxygen atoms in total. The van der Waals surface area contributed by atoms with Gasteiger partial charge >= 0.3 is 0 Å². The lowest BCUT2D eigenvalue weighted by atomic mass is 10.1. The van der Waals surface area contributed by atoms with Crippen LogP contribution in [0.1, 0.15) is 29.9 Å². The van der Waals surface area contributed by atoms with E-state index in [2.05, 4.69) is 34.3 Å². The van der Waals surface area contributed by atoms with Crippen molar-refractivity contribution in [3.63, 3.8) is 0 Å². The molecule has 0 aliphatic carbocycles. The summed E-state index contributed by atoms with van der Waals surface area (Å²) in [6, 6.07) is 12.2. The minimum atomic E-state index is -0.217. The fraction of sp³-hybridized carbons (Fsp3) is 0.333. The predicted octanol–water partition coefficient (Wildman–Crippen LogP) is 2.87. The summed E-state index contributed by atoms with van der Waals surface area (Å²) in [5.74, 6) is 1.78. The number of imidazole rings is 1. The molecule has 0 saturated carbocycles. The molecule has 1 aliphatic heterocycles. The molecular weight excluding hydrogens is 418 g/mol. The third kappa shape index (κ3) is 4.31. The van der Waals surface area contributed by atoms with Crippen LogP contribution in [0.5, 0.6) is 0 Å². The van der Waals surface area contributed by atoms with Gasteiger partial charge in [0, 0.05) is 43.2 Å². The maximum absolute atomic E-state index is 12.6. The molecule has 1 N–H and O–H groups in total. The topological polar surface area (TPSA) is 89.6 Å². The van der Waals surface area contributed by atoms with Crippen LogP contribution < -0.4 is 10.2 Å². The van der Waals surface area contributed by atoms with Crippen molar-refractivity contribution in [1.29, 1.82) is 0 Å². The van der Waals surface area contributed by atoms with E-state index < -0.39 is 0 Å². The maximum Gasteiger partial charge on any atom is 0.271 e. The zero-order chi connectivity index (χ0) is 22.9. The minimum absolute atomic E-state index is 0.0219. The summed E-state index contributed by atoms with van der Waals surface area (Å²) in [7, 11) is 0. The summed E-state index contributed by atoms with van der Waals surface area (Å²) in [4.78, 5) is 24.1. The number of rotatable bonds is 5. The van der Waals surface area contributed by atoms with Gasteiger partial charge in [-0.25, -0.2) is 9.67 Å². The Morgan fingerprint density at radius 2 is 1.94 bits per heavy atom. The highest BCUT2D eigenvalue weighted by atomic mass is 16.5. The van der Waals surface area contributed by atoms with Crippen LogP contribution >= 0.6 is 0 Å². The lowest BCUT2D eigenvalue weighted by Gasteiger charge is -2.29. The van der Waals surface area contributed by atoms with E-state index in [0.29, 0.717) is 30.5 Å². The number of carbonyl (C=O) groups excluding carboxylic acids is 1. The van der Waals surface area contributed by atoms with Crippen LogP contribution in [0.15, 0.2) is 48.8 Å². The van der Waals surface area contributed by atoms with Crippen molar-refractivity contribution in [2.24, 2.45) is 0 Å². The SMILES string of the molecule is Cc1cccc(-c2ccn(-c3cc(N4CCOCC4)n4cc(C(=O)NC(C)C)nc4n3)n2)c1. The summed E-state index contributed by atoms with van der Waals surface area (Å²) >= 11 is 0. The fourth-order valence-corrected chi connectivity index (χ4v) is 3.95. The van der Waals surface area contributed by atoms with E-state index in [4.69, 9.17) is 14.8 Å². The molecule has 1 amide bonds. The summed E-state index contributed by atoms with van der Waals surface area (Å²) in [5.41, 5.74) is 3.44. The van der Waals surface area contributed by atoms with Crippen molar-refractivity contribution >= 4 is 17.5 Å². The number of hydrogen-bond acceptors (Lipinski definition) is 6. The minimum Gasteiger partial charge on any atom is -0.378 e.